The van der Waals surface area contributed by atoms with Gasteiger partial charge >= 0.3 is 6.03 Å². The summed E-state index contributed by atoms with van der Waals surface area (Å²) >= 11 is 0. The summed E-state index contributed by atoms with van der Waals surface area (Å²) in [4.78, 5) is 13.3. The van der Waals surface area contributed by atoms with Crippen molar-refractivity contribution >= 4 is 11.7 Å². The Kier molecular flexibility index (Phi) is 3.49. The van der Waals surface area contributed by atoms with Gasteiger partial charge < -0.3 is 15.2 Å². The SMILES string of the molecule is CN(C(=O)NC1CCCO1)c1ccc(O)cc1. The Bertz CT molecular complexity index is 385. The quantitative estimate of drug-likeness (QED) is 0.821. The highest BCUT2D eigenvalue weighted by Crippen LogP contribution is 2.17. The minimum absolute atomic E-state index is 0.179. The monoisotopic (exact) mass is 236 g/mol. The van der Waals surface area contributed by atoms with E-state index < -0.39 is 0 Å². The van der Waals surface area contributed by atoms with Crippen LogP contribution < -0.4 is 10.2 Å². The molecule has 2 amide bonds. The van der Waals surface area contributed by atoms with Crippen LogP contribution in [0.25, 0.3) is 0 Å². The van der Waals surface area contributed by atoms with Gasteiger partial charge in [-0.15, -0.1) is 0 Å². The van der Waals surface area contributed by atoms with E-state index in [0.29, 0.717) is 6.61 Å². The molecule has 2 N–H and O–H groups in total. The van der Waals surface area contributed by atoms with Crippen molar-refractivity contribution in [2.75, 3.05) is 18.6 Å². The van der Waals surface area contributed by atoms with E-state index in [1.807, 2.05) is 0 Å². The van der Waals surface area contributed by atoms with Crippen molar-refractivity contribution < 1.29 is 14.6 Å². The minimum atomic E-state index is -0.206. The smallest absolute Gasteiger partial charge is 0.323 e. The number of benzene rings is 1. The summed E-state index contributed by atoms with van der Waals surface area (Å²) in [7, 11) is 1.68. The maximum absolute atomic E-state index is 11.9. The van der Waals surface area contributed by atoms with E-state index >= 15 is 0 Å². The standard InChI is InChI=1S/C12H16N2O3/c1-14(9-4-6-10(15)7-5-9)12(16)13-11-3-2-8-17-11/h4-7,11,15H,2-3,8H2,1H3,(H,13,16). The highest BCUT2D eigenvalue weighted by molar-refractivity contribution is 5.91. The third-order valence-electron chi connectivity index (χ3n) is 2.76. The van der Waals surface area contributed by atoms with Crippen LogP contribution in [0.3, 0.4) is 0 Å². The number of nitrogens with zero attached hydrogens (tertiary/aromatic N) is 1. The number of hydrogen-bond donors (Lipinski definition) is 2. The van der Waals surface area contributed by atoms with E-state index in [2.05, 4.69) is 5.32 Å². The van der Waals surface area contributed by atoms with Crippen LogP contribution in [0, 0.1) is 0 Å². The molecule has 0 saturated carbocycles. The number of phenols is 1. The molecule has 1 aliphatic rings. The van der Waals surface area contributed by atoms with Crippen molar-refractivity contribution in [1.82, 2.24) is 5.32 Å². The second-order valence-corrected chi connectivity index (χ2v) is 4.03. The lowest BCUT2D eigenvalue weighted by Gasteiger charge is -2.20. The lowest BCUT2D eigenvalue weighted by Crippen LogP contribution is -2.42. The number of hydrogen-bond acceptors (Lipinski definition) is 3. The van der Waals surface area contributed by atoms with Crippen molar-refractivity contribution in [3.63, 3.8) is 0 Å². The van der Waals surface area contributed by atoms with Crippen molar-refractivity contribution in [3.05, 3.63) is 24.3 Å². The molecule has 1 fully saturated rings. The molecule has 0 bridgehead atoms. The molecule has 1 heterocycles. The molecule has 1 aromatic carbocycles. The van der Waals surface area contributed by atoms with E-state index in [-0.39, 0.29) is 18.0 Å². The number of urea groups is 1. The zero-order valence-corrected chi connectivity index (χ0v) is 9.72. The van der Waals surface area contributed by atoms with Crippen molar-refractivity contribution in [1.29, 1.82) is 0 Å². The van der Waals surface area contributed by atoms with Crippen molar-refractivity contribution in [2.24, 2.45) is 0 Å². The summed E-state index contributed by atoms with van der Waals surface area (Å²) in [5, 5.41) is 12.0. The number of aromatic hydroxyl groups is 1. The summed E-state index contributed by atoms with van der Waals surface area (Å²) in [5.74, 6) is 0.182. The van der Waals surface area contributed by atoms with Gasteiger partial charge in [0.2, 0.25) is 0 Å². The van der Waals surface area contributed by atoms with Gasteiger partial charge in [-0.3, -0.25) is 4.90 Å². The Morgan fingerprint density at radius 3 is 2.76 bits per heavy atom. The van der Waals surface area contributed by atoms with Crippen LogP contribution >= 0.6 is 0 Å². The van der Waals surface area contributed by atoms with Crippen LogP contribution in [0.2, 0.25) is 0 Å². The van der Waals surface area contributed by atoms with Gasteiger partial charge in [-0.1, -0.05) is 0 Å². The molecule has 0 spiro atoms. The first-order valence-electron chi connectivity index (χ1n) is 5.61. The summed E-state index contributed by atoms with van der Waals surface area (Å²) in [6.07, 6.45) is 1.66. The van der Waals surface area contributed by atoms with Gasteiger partial charge in [0.05, 0.1) is 0 Å². The maximum Gasteiger partial charge on any atom is 0.323 e. The van der Waals surface area contributed by atoms with Gasteiger partial charge in [-0.05, 0) is 37.1 Å². The number of carbonyl (C=O) groups is 1. The molecule has 1 aliphatic heterocycles. The van der Waals surface area contributed by atoms with Gasteiger partial charge in [0.15, 0.2) is 0 Å². The van der Waals surface area contributed by atoms with Crippen molar-refractivity contribution in [3.8, 4) is 5.75 Å². The molecule has 1 unspecified atom stereocenters. The summed E-state index contributed by atoms with van der Waals surface area (Å²) in [6.45, 7) is 0.702. The molecule has 5 nitrogen and oxygen atoms in total. The average molecular weight is 236 g/mol. The van der Waals surface area contributed by atoms with Crippen LogP contribution in [-0.2, 0) is 4.74 Å². The molecular weight excluding hydrogens is 220 g/mol. The average Bonchev–Trinajstić information content (AvgIpc) is 2.82. The van der Waals surface area contributed by atoms with Gasteiger partial charge in [0, 0.05) is 19.3 Å². The van der Waals surface area contributed by atoms with E-state index in [9.17, 15) is 4.79 Å². The summed E-state index contributed by atoms with van der Waals surface area (Å²) < 4.78 is 5.33. The Labute approximate surface area is 100.0 Å². The minimum Gasteiger partial charge on any atom is -0.508 e. The van der Waals surface area contributed by atoms with Crippen LogP contribution in [0.15, 0.2) is 24.3 Å². The topological polar surface area (TPSA) is 61.8 Å². The zero-order valence-electron chi connectivity index (χ0n) is 9.72. The van der Waals surface area contributed by atoms with Gasteiger partial charge in [0.25, 0.3) is 0 Å². The molecule has 1 aromatic rings. The molecule has 1 saturated heterocycles. The molecule has 92 valence electrons. The molecule has 0 aliphatic carbocycles. The normalized spacial score (nSPS) is 19.0. The highest BCUT2D eigenvalue weighted by atomic mass is 16.5. The van der Waals surface area contributed by atoms with Gasteiger partial charge in [-0.2, -0.15) is 0 Å². The van der Waals surface area contributed by atoms with Crippen LogP contribution in [0.1, 0.15) is 12.8 Å². The Balaban J connectivity index is 1.96. The molecule has 17 heavy (non-hydrogen) atoms. The second kappa shape index (κ2) is 5.05. The van der Waals surface area contributed by atoms with E-state index in [1.54, 1.807) is 31.3 Å². The number of phenolic OH excluding ortho intramolecular Hbond substituents is 1. The third kappa shape index (κ3) is 2.88. The molecule has 5 heteroatoms. The number of rotatable bonds is 2. The molecular formula is C12H16N2O3. The van der Waals surface area contributed by atoms with E-state index in [1.165, 1.54) is 4.90 Å². The Hall–Kier alpha value is -1.75. The van der Waals surface area contributed by atoms with Crippen LogP contribution in [0.4, 0.5) is 10.5 Å². The Morgan fingerprint density at radius 2 is 2.18 bits per heavy atom. The predicted molar refractivity (Wildman–Crippen MR) is 64.0 cm³/mol. The van der Waals surface area contributed by atoms with Gasteiger partial charge in [-0.25, -0.2) is 4.79 Å². The first kappa shape index (κ1) is 11.7. The number of amides is 2. The van der Waals surface area contributed by atoms with Crippen LogP contribution in [0.5, 0.6) is 5.75 Å². The fraction of sp³-hybridized carbons (Fsp3) is 0.417. The second-order valence-electron chi connectivity index (χ2n) is 4.03. The lowest BCUT2D eigenvalue weighted by molar-refractivity contribution is 0.0919. The van der Waals surface area contributed by atoms with E-state index in [4.69, 9.17) is 9.84 Å². The highest BCUT2D eigenvalue weighted by Gasteiger charge is 2.20. The molecule has 0 radical (unpaired) electrons. The molecule has 1 atom stereocenters. The third-order valence-corrected chi connectivity index (χ3v) is 2.76. The number of ether oxygens (including phenoxy) is 1. The number of nitrogens with one attached hydrogen (secondary N) is 1. The number of carbonyl (C=O) groups excluding carboxylic acids is 1. The molecule has 2 rings (SSSR count). The summed E-state index contributed by atoms with van der Waals surface area (Å²) in [5.41, 5.74) is 0.721. The lowest BCUT2D eigenvalue weighted by atomic mass is 10.3. The predicted octanol–water partition coefficient (Wildman–Crippen LogP) is 1.67. The molecule has 0 aromatic heterocycles. The fourth-order valence-corrected chi connectivity index (χ4v) is 1.72. The fourth-order valence-electron chi connectivity index (χ4n) is 1.72. The van der Waals surface area contributed by atoms with Crippen molar-refractivity contribution in [2.45, 2.75) is 19.1 Å². The maximum atomic E-state index is 11.9. The van der Waals surface area contributed by atoms with Crippen LogP contribution in [-0.4, -0.2) is 31.0 Å². The Morgan fingerprint density at radius 1 is 1.47 bits per heavy atom. The number of anilines is 1. The first-order valence-corrected chi connectivity index (χ1v) is 5.61. The first-order chi connectivity index (χ1) is 8.16. The van der Waals surface area contributed by atoms with Gasteiger partial charge in [0.1, 0.15) is 12.0 Å². The largest absolute Gasteiger partial charge is 0.508 e. The van der Waals surface area contributed by atoms with E-state index in [0.717, 1.165) is 18.5 Å². The summed E-state index contributed by atoms with van der Waals surface area (Å²) in [6, 6.07) is 6.26. The zero-order chi connectivity index (χ0) is 12.3.